The topological polar surface area (TPSA) is 88.6 Å². The SMILES string of the molecule is O=C(Cn1ccn2nc(-c3ccc(F)cc3)c(CO)c2c1=O)Nc1cccc(Br)c1. The van der Waals surface area contributed by atoms with Gasteiger partial charge < -0.3 is 15.0 Å². The highest BCUT2D eigenvalue weighted by molar-refractivity contribution is 9.10. The smallest absolute Gasteiger partial charge is 0.277 e. The lowest BCUT2D eigenvalue weighted by atomic mass is 10.1. The number of amides is 1. The molecule has 9 heteroatoms. The van der Waals surface area contributed by atoms with E-state index >= 15 is 0 Å². The molecule has 2 N–H and O–H groups in total. The number of fused-ring (bicyclic) bond motifs is 1. The van der Waals surface area contributed by atoms with Crippen molar-refractivity contribution in [2.24, 2.45) is 0 Å². The molecule has 0 spiro atoms. The van der Waals surface area contributed by atoms with Gasteiger partial charge in [-0.15, -0.1) is 0 Å². The summed E-state index contributed by atoms with van der Waals surface area (Å²) in [6.45, 7) is -0.635. The van der Waals surface area contributed by atoms with Gasteiger partial charge in [-0.3, -0.25) is 9.59 Å². The predicted octanol–water partition coefficient (Wildman–Crippen LogP) is 3.20. The van der Waals surface area contributed by atoms with E-state index in [1.54, 1.807) is 18.2 Å². The molecule has 0 aliphatic rings. The van der Waals surface area contributed by atoms with Crippen molar-refractivity contribution < 1.29 is 14.3 Å². The molecule has 7 nitrogen and oxygen atoms in total. The second-order valence-electron chi connectivity index (χ2n) is 6.58. The van der Waals surface area contributed by atoms with Crippen LogP contribution in [-0.4, -0.2) is 25.2 Å². The van der Waals surface area contributed by atoms with E-state index in [-0.39, 0.29) is 18.0 Å². The number of carbonyl (C=O) groups is 1. The number of halogens is 2. The number of hydrogen-bond donors (Lipinski definition) is 2. The summed E-state index contributed by atoms with van der Waals surface area (Å²) in [5.74, 6) is -0.768. The Morgan fingerprint density at radius 3 is 2.63 bits per heavy atom. The fraction of sp³-hybridized carbons (Fsp3) is 0.0952. The minimum atomic E-state index is -0.466. The fourth-order valence-corrected chi connectivity index (χ4v) is 3.59. The van der Waals surface area contributed by atoms with Crippen LogP contribution in [-0.2, 0) is 17.9 Å². The lowest BCUT2D eigenvalue weighted by Crippen LogP contribution is -2.28. The number of benzene rings is 2. The van der Waals surface area contributed by atoms with E-state index in [2.05, 4.69) is 26.3 Å². The average Bonchev–Trinajstić information content (AvgIpc) is 3.10. The Bertz CT molecular complexity index is 1300. The van der Waals surface area contributed by atoms with Gasteiger partial charge in [-0.2, -0.15) is 5.10 Å². The first kappa shape index (κ1) is 20.0. The van der Waals surface area contributed by atoms with Gasteiger partial charge in [0.1, 0.15) is 17.9 Å². The summed E-state index contributed by atoms with van der Waals surface area (Å²) in [6.07, 6.45) is 2.99. The molecule has 0 fully saturated rings. The van der Waals surface area contributed by atoms with Gasteiger partial charge in [-0.1, -0.05) is 22.0 Å². The van der Waals surface area contributed by atoms with Crippen LogP contribution in [0.4, 0.5) is 10.1 Å². The van der Waals surface area contributed by atoms with Crippen LogP contribution in [0.5, 0.6) is 0 Å². The van der Waals surface area contributed by atoms with Crippen molar-refractivity contribution in [3.63, 3.8) is 0 Å². The molecule has 152 valence electrons. The van der Waals surface area contributed by atoms with Crippen molar-refractivity contribution >= 4 is 33.0 Å². The Morgan fingerprint density at radius 1 is 1.17 bits per heavy atom. The van der Waals surface area contributed by atoms with Crippen molar-refractivity contribution in [3.8, 4) is 11.3 Å². The Kier molecular flexibility index (Phi) is 5.47. The molecule has 4 aromatic rings. The molecular weight excluding hydrogens is 455 g/mol. The Balaban J connectivity index is 1.69. The number of aliphatic hydroxyl groups is 1. The van der Waals surface area contributed by atoms with Gasteiger partial charge in [0.05, 0.1) is 12.3 Å². The molecule has 0 saturated carbocycles. The molecule has 1 amide bonds. The lowest BCUT2D eigenvalue weighted by molar-refractivity contribution is -0.116. The first-order valence-electron chi connectivity index (χ1n) is 8.99. The molecule has 0 radical (unpaired) electrons. The first-order valence-corrected chi connectivity index (χ1v) is 9.78. The number of aromatic nitrogens is 3. The summed E-state index contributed by atoms with van der Waals surface area (Å²) in [7, 11) is 0. The Hall–Kier alpha value is -3.30. The highest BCUT2D eigenvalue weighted by atomic mass is 79.9. The average molecular weight is 471 g/mol. The van der Waals surface area contributed by atoms with Crippen LogP contribution in [0.3, 0.4) is 0 Å². The highest BCUT2D eigenvalue weighted by Gasteiger charge is 2.18. The molecule has 2 heterocycles. The van der Waals surface area contributed by atoms with Gasteiger partial charge in [-0.05, 0) is 42.5 Å². The largest absolute Gasteiger partial charge is 0.392 e. The summed E-state index contributed by atoms with van der Waals surface area (Å²) in [6, 6.07) is 12.7. The molecule has 0 unspecified atom stereocenters. The van der Waals surface area contributed by atoms with Crippen molar-refractivity contribution in [3.05, 3.63) is 87.1 Å². The number of nitrogens with one attached hydrogen (secondary N) is 1. The normalized spacial score (nSPS) is 11.0. The molecular formula is C21H16BrFN4O3. The maximum atomic E-state index is 13.2. The zero-order valence-electron chi connectivity index (χ0n) is 15.5. The summed E-state index contributed by atoms with van der Waals surface area (Å²) in [5, 5.41) is 17.0. The number of aliphatic hydroxyl groups excluding tert-OH is 1. The van der Waals surface area contributed by atoms with E-state index in [0.29, 0.717) is 22.5 Å². The van der Waals surface area contributed by atoms with Gasteiger partial charge in [0.2, 0.25) is 5.91 Å². The van der Waals surface area contributed by atoms with Crippen LogP contribution in [0, 0.1) is 5.82 Å². The van der Waals surface area contributed by atoms with Crippen molar-refractivity contribution in [1.82, 2.24) is 14.2 Å². The standard InChI is InChI=1S/C21H16BrFN4O3/c22-14-2-1-3-16(10-14)24-18(29)11-26-8-9-27-20(21(26)30)17(12-28)19(25-27)13-4-6-15(23)7-5-13/h1-10,28H,11-12H2,(H,24,29). The summed E-state index contributed by atoms with van der Waals surface area (Å²) in [5.41, 5.74) is 1.56. The van der Waals surface area contributed by atoms with Crippen LogP contribution >= 0.6 is 15.9 Å². The van der Waals surface area contributed by atoms with Crippen molar-refractivity contribution in [2.45, 2.75) is 13.2 Å². The maximum Gasteiger partial charge on any atom is 0.277 e. The van der Waals surface area contributed by atoms with Gasteiger partial charge in [0.15, 0.2) is 0 Å². The molecule has 0 aliphatic carbocycles. The Labute approximate surface area is 178 Å². The monoisotopic (exact) mass is 470 g/mol. The van der Waals surface area contributed by atoms with Crippen molar-refractivity contribution in [2.75, 3.05) is 5.32 Å². The molecule has 0 saturated heterocycles. The molecule has 2 aromatic heterocycles. The summed E-state index contributed by atoms with van der Waals surface area (Å²) < 4.78 is 16.7. The van der Waals surface area contributed by atoms with E-state index in [9.17, 15) is 19.1 Å². The van der Waals surface area contributed by atoms with E-state index in [4.69, 9.17) is 0 Å². The third-order valence-corrected chi connectivity index (χ3v) is 5.05. The van der Waals surface area contributed by atoms with E-state index in [0.717, 1.165) is 4.47 Å². The quantitative estimate of drug-likeness (QED) is 0.468. The van der Waals surface area contributed by atoms with Crippen LogP contribution in [0.25, 0.3) is 16.8 Å². The fourth-order valence-electron chi connectivity index (χ4n) is 3.19. The number of rotatable bonds is 5. The predicted molar refractivity (Wildman–Crippen MR) is 114 cm³/mol. The van der Waals surface area contributed by atoms with Crippen LogP contribution in [0.1, 0.15) is 5.56 Å². The van der Waals surface area contributed by atoms with Crippen LogP contribution in [0.2, 0.25) is 0 Å². The molecule has 0 atom stereocenters. The van der Waals surface area contributed by atoms with Gasteiger partial charge >= 0.3 is 0 Å². The molecule has 0 aliphatic heterocycles. The van der Waals surface area contributed by atoms with E-state index < -0.39 is 18.0 Å². The minimum absolute atomic E-state index is 0.162. The zero-order chi connectivity index (χ0) is 21.3. The van der Waals surface area contributed by atoms with E-state index in [1.807, 2.05) is 6.07 Å². The molecule has 0 bridgehead atoms. The van der Waals surface area contributed by atoms with Crippen LogP contribution < -0.4 is 10.9 Å². The van der Waals surface area contributed by atoms with Gasteiger partial charge in [0, 0.05) is 33.7 Å². The number of nitrogens with zero attached hydrogens (tertiary/aromatic N) is 3. The molecule has 2 aromatic carbocycles. The third-order valence-electron chi connectivity index (χ3n) is 4.56. The minimum Gasteiger partial charge on any atom is -0.392 e. The second-order valence-corrected chi connectivity index (χ2v) is 7.49. The number of carbonyl (C=O) groups excluding carboxylic acids is 1. The summed E-state index contributed by atoms with van der Waals surface area (Å²) in [4.78, 5) is 25.4. The molecule has 4 rings (SSSR count). The zero-order valence-corrected chi connectivity index (χ0v) is 17.1. The lowest BCUT2D eigenvalue weighted by Gasteiger charge is -2.08. The maximum absolute atomic E-state index is 13.2. The van der Waals surface area contributed by atoms with Gasteiger partial charge in [0.25, 0.3) is 5.56 Å². The van der Waals surface area contributed by atoms with Gasteiger partial charge in [-0.25, -0.2) is 8.91 Å². The molecule has 30 heavy (non-hydrogen) atoms. The number of anilines is 1. The second kappa shape index (κ2) is 8.21. The Morgan fingerprint density at radius 2 is 1.93 bits per heavy atom. The highest BCUT2D eigenvalue weighted by Crippen LogP contribution is 2.25. The number of hydrogen-bond acceptors (Lipinski definition) is 4. The summed E-state index contributed by atoms with van der Waals surface area (Å²) >= 11 is 3.34. The van der Waals surface area contributed by atoms with E-state index in [1.165, 1.54) is 45.7 Å². The van der Waals surface area contributed by atoms with Crippen molar-refractivity contribution in [1.29, 1.82) is 0 Å². The third kappa shape index (κ3) is 3.89. The van der Waals surface area contributed by atoms with Crippen LogP contribution in [0.15, 0.2) is 70.2 Å². The first-order chi connectivity index (χ1) is 14.5.